The average Bonchev–Trinajstić information content (AvgIpc) is 3.06. The molecule has 27 heavy (non-hydrogen) atoms. The van der Waals surface area contributed by atoms with Crippen molar-refractivity contribution in [2.75, 3.05) is 16.4 Å². The van der Waals surface area contributed by atoms with Gasteiger partial charge in [0.2, 0.25) is 0 Å². The molecule has 0 amide bonds. The van der Waals surface area contributed by atoms with E-state index in [2.05, 4.69) is 45.2 Å². The van der Waals surface area contributed by atoms with Gasteiger partial charge in [-0.25, -0.2) is 12.8 Å². The minimum Gasteiger partial charge on any atom is -0.312 e. The molecule has 142 valence electrons. The number of hydrogen-bond acceptors (Lipinski definition) is 5. The Hall–Kier alpha value is -1.38. The highest BCUT2D eigenvalue weighted by atomic mass is 79.9. The highest BCUT2D eigenvalue weighted by Crippen LogP contribution is 2.37. The van der Waals surface area contributed by atoms with Crippen LogP contribution in [0.25, 0.3) is 0 Å². The Bertz CT molecular complexity index is 1010. The summed E-state index contributed by atoms with van der Waals surface area (Å²) in [4.78, 5) is 6.42. The van der Waals surface area contributed by atoms with Gasteiger partial charge in [-0.3, -0.25) is 4.99 Å². The van der Waals surface area contributed by atoms with Gasteiger partial charge in [-0.15, -0.1) is 0 Å². The molecule has 8 heteroatoms. The van der Waals surface area contributed by atoms with Crippen molar-refractivity contribution in [2.45, 2.75) is 24.8 Å². The zero-order valence-corrected chi connectivity index (χ0v) is 17.8. The number of rotatable bonds is 3. The van der Waals surface area contributed by atoms with Gasteiger partial charge in [-0.2, -0.15) is 0 Å². The van der Waals surface area contributed by atoms with Gasteiger partial charge in [0, 0.05) is 10.2 Å². The molecule has 4 nitrogen and oxygen atoms in total. The minimum absolute atomic E-state index is 0.00522. The summed E-state index contributed by atoms with van der Waals surface area (Å²) in [6, 6.07) is 12.4. The Kier molecular flexibility index (Phi) is 5.07. The first kappa shape index (κ1) is 19.0. The average molecular weight is 469 g/mol. The predicted octanol–water partition coefficient (Wildman–Crippen LogP) is 4.17. The molecule has 0 aliphatic carbocycles. The lowest BCUT2D eigenvalue weighted by Gasteiger charge is -2.27. The molecule has 1 fully saturated rings. The normalized spacial score (nSPS) is 23.4. The lowest BCUT2D eigenvalue weighted by Crippen LogP contribution is -2.39. The summed E-state index contributed by atoms with van der Waals surface area (Å²) >= 11 is 4.79. The SMILES string of the molecule is Cc1ccc(CSC2=N[C@@H]3CS(=O)(=O)C[C@@H]3N2c2ccc(Br)cc2F)cc1. The topological polar surface area (TPSA) is 49.7 Å². The van der Waals surface area contributed by atoms with E-state index >= 15 is 0 Å². The maximum atomic E-state index is 14.6. The van der Waals surface area contributed by atoms with E-state index in [9.17, 15) is 12.8 Å². The number of sulfone groups is 1. The first-order valence-electron chi connectivity index (χ1n) is 8.53. The summed E-state index contributed by atoms with van der Waals surface area (Å²) < 4.78 is 39.4. The second-order valence-electron chi connectivity index (χ2n) is 6.86. The molecular formula is C19H18BrFN2O2S2. The van der Waals surface area contributed by atoms with E-state index in [1.54, 1.807) is 17.0 Å². The van der Waals surface area contributed by atoms with Crippen LogP contribution in [0.1, 0.15) is 11.1 Å². The second kappa shape index (κ2) is 7.22. The molecule has 2 heterocycles. The molecule has 0 unspecified atom stereocenters. The van der Waals surface area contributed by atoms with Gasteiger partial charge in [0.15, 0.2) is 15.0 Å². The number of aliphatic imine (C=N–C) groups is 1. The molecule has 0 radical (unpaired) electrons. The van der Waals surface area contributed by atoms with Crippen molar-refractivity contribution in [2.24, 2.45) is 4.99 Å². The molecule has 0 saturated carbocycles. The van der Waals surface area contributed by atoms with Gasteiger partial charge < -0.3 is 4.90 Å². The molecule has 0 N–H and O–H groups in total. The molecule has 4 rings (SSSR count). The number of thioether (sulfide) groups is 1. The van der Waals surface area contributed by atoms with E-state index in [1.165, 1.54) is 23.4 Å². The third-order valence-electron chi connectivity index (χ3n) is 4.77. The Balaban J connectivity index is 1.64. The fraction of sp³-hybridized carbons (Fsp3) is 0.316. The van der Waals surface area contributed by atoms with Crippen LogP contribution in [0, 0.1) is 12.7 Å². The van der Waals surface area contributed by atoms with E-state index in [4.69, 9.17) is 0 Å². The van der Waals surface area contributed by atoms with Gasteiger partial charge >= 0.3 is 0 Å². The molecule has 2 atom stereocenters. The van der Waals surface area contributed by atoms with E-state index < -0.39 is 15.7 Å². The fourth-order valence-electron chi connectivity index (χ4n) is 3.42. The molecule has 2 aliphatic rings. The van der Waals surface area contributed by atoms with Crippen LogP contribution in [-0.2, 0) is 15.6 Å². The smallest absolute Gasteiger partial charge is 0.164 e. The summed E-state index contributed by atoms with van der Waals surface area (Å²) in [6.07, 6.45) is 0. The minimum atomic E-state index is -3.15. The highest BCUT2D eigenvalue weighted by molar-refractivity contribution is 9.10. The summed E-state index contributed by atoms with van der Waals surface area (Å²) in [7, 11) is -3.15. The number of nitrogens with zero attached hydrogens (tertiary/aromatic N) is 2. The lowest BCUT2D eigenvalue weighted by molar-refractivity contribution is 0.600. The lowest BCUT2D eigenvalue weighted by atomic mass is 10.1. The molecule has 2 aromatic rings. The van der Waals surface area contributed by atoms with Crippen LogP contribution >= 0.6 is 27.7 Å². The van der Waals surface area contributed by atoms with Crippen LogP contribution in [0.4, 0.5) is 10.1 Å². The van der Waals surface area contributed by atoms with Crippen molar-refractivity contribution in [3.05, 3.63) is 63.9 Å². The van der Waals surface area contributed by atoms with Crippen LogP contribution < -0.4 is 4.90 Å². The van der Waals surface area contributed by atoms with Crippen LogP contribution in [0.15, 0.2) is 51.9 Å². The van der Waals surface area contributed by atoms with Crippen molar-refractivity contribution in [3.63, 3.8) is 0 Å². The van der Waals surface area contributed by atoms with Gasteiger partial charge in [0.1, 0.15) is 5.82 Å². The van der Waals surface area contributed by atoms with Crippen LogP contribution in [0.5, 0.6) is 0 Å². The molecule has 1 saturated heterocycles. The molecule has 0 spiro atoms. The van der Waals surface area contributed by atoms with Crippen molar-refractivity contribution in [1.82, 2.24) is 0 Å². The van der Waals surface area contributed by atoms with E-state index in [0.29, 0.717) is 21.1 Å². The monoisotopic (exact) mass is 468 g/mol. The van der Waals surface area contributed by atoms with Crippen LogP contribution in [0.2, 0.25) is 0 Å². The van der Waals surface area contributed by atoms with Crippen molar-refractivity contribution >= 4 is 48.4 Å². The summed E-state index contributed by atoms with van der Waals surface area (Å²) in [5.41, 5.74) is 2.72. The first-order chi connectivity index (χ1) is 12.8. The zero-order chi connectivity index (χ0) is 19.2. The summed E-state index contributed by atoms with van der Waals surface area (Å²) in [5.74, 6) is 0.338. The Morgan fingerprint density at radius 2 is 1.96 bits per heavy atom. The van der Waals surface area contributed by atoms with Crippen molar-refractivity contribution in [1.29, 1.82) is 0 Å². The van der Waals surface area contributed by atoms with Crippen molar-refractivity contribution < 1.29 is 12.8 Å². The zero-order valence-electron chi connectivity index (χ0n) is 14.6. The van der Waals surface area contributed by atoms with Crippen LogP contribution in [0.3, 0.4) is 0 Å². The maximum Gasteiger partial charge on any atom is 0.164 e. The molecule has 0 bridgehead atoms. The van der Waals surface area contributed by atoms with E-state index in [-0.39, 0.29) is 23.6 Å². The summed E-state index contributed by atoms with van der Waals surface area (Å²) in [6.45, 7) is 2.04. The van der Waals surface area contributed by atoms with E-state index in [0.717, 1.165) is 5.56 Å². The highest BCUT2D eigenvalue weighted by Gasteiger charge is 2.47. The van der Waals surface area contributed by atoms with Gasteiger partial charge in [0.05, 0.1) is 29.3 Å². The standard InChI is InChI=1S/C19H18BrFN2O2S2/c1-12-2-4-13(5-3-12)9-26-19-22-16-10-27(24,25)11-18(16)23(19)17-7-6-14(20)8-15(17)21/h2-8,16,18H,9-11H2,1H3/t16-,18+/m1/s1. The van der Waals surface area contributed by atoms with Crippen molar-refractivity contribution in [3.8, 4) is 0 Å². The number of hydrogen-bond donors (Lipinski definition) is 0. The molecular weight excluding hydrogens is 451 g/mol. The van der Waals surface area contributed by atoms with Crippen LogP contribution in [-0.4, -0.2) is 37.2 Å². The quantitative estimate of drug-likeness (QED) is 0.677. The maximum absolute atomic E-state index is 14.6. The van der Waals surface area contributed by atoms with Gasteiger partial charge in [0.25, 0.3) is 0 Å². The number of fused-ring (bicyclic) bond motifs is 1. The third-order valence-corrected chi connectivity index (χ3v) is 8.00. The number of benzene rings is 2. The number of halogens is 2. The summed E-state index contributed by atoms with van der Waals surface area (Å²) in [5, 5.41) is 0.682. The predicted molar refractivity (Wildman–Crippen MR) is 113 cm³/mol. The van der Waals surface area contributed by atoms with Gasteiger partial charge in [-0.1, -0.05) is 57.5 Å². The molecule has 2 aliphatic heterocycles. The molecule has 2 aromatic carbocycles. The third kappa shape index (κ3) is 3.93. The second-order valence-corrected chi connectivity index (χ2v) is 10.9. The largest absolute Gasteiger partial charge is 0.312 e. The van der Waals surface area contributed by atoms with E-state index in [1.807, 2.05) is 6.92 Å². The number of amidine groups is 1. The Morgan fingerprint density at radius 1 is 1.22 bits per heavy atom. The number of aryl methyl sites for hydroxylation is 1. The van der Waals surface area contributed by atoms with Gasteiger partial charge in [-0.05, 0) is 30.7 Å². The number of anilines is 1. The molecule has 0 aromatic heterocycles. The first-order valence-corrected chi connectivity index (χ1v) is 12.1. The fourth-order valence-corrected chi connectivity index (χ4v) is 6.67. The Labute approximate surface area is 170 Å². The Morgan fingerprint density at radius 3 is 2.67 bits per heavy atom.